The van der Waals surface area contributed by atoms with Crippen LogP contribution >= 0.6 is 0 Å². The number of aryl methyl sites for hydroxylation is 1. The van der Waals surface area contributed by atoms with Gasteiger partial charge in [0.05, 0.1) is 6.54 Å². The van der Waals surface area contributed by atoms with Gasteiger partial charge in [-0.2, -0.15) is 0 Å². The number of rotatable bonds is 6. The van der Waals surface area contributed by atoms with Crippen LogP contribution in [0.15, 0.2) is 24.3 Å². The fourth-order valence-electron chi connectivity index (χ4n) is 1.64. The van der Waals surface area contributed by atoms with Crippen molar-refractivity contribution in [3.8, 4) is 0 Å². The highest BCUT2D eigenvalue weighted by Gasteiger charge is 2.18. The zero-order valence-corrected chi connectivity index (χ0v) is 11.9. The molecule has 0 aliphatic carbocycles. The quantitative estimate of drug-likeness (QED) is 0.827. The number of carbonyl (C=O) groups excluding carboxylic acids is 1. The molecule has 0 saturated heterocycles. The number of nitrogens with one attached hydrogen (secondary N) is 1. The second-order valence-corrected chi connectivity index (χ2v) is 4.33. The lowest BCUT2D eigenvalue weighted by atomic mass is 10.1. The topological polar surface area (TPSA) is 78.9 Å². The zero-order chi connectivity index (χ0) is 15.1. The summed E-state index contributed by atoms with van der Waals surface area (Å²) in [4.78, 5) is 24.1. The Kier molecular flexibility index (Phi) is 5.99. The van der Waals surface area contributed by atoms with Gasteiger partial charge in [-0.3, -0.25) is 4.90 Å². The molecule has 0 radical (unpaired) electrons. The van der Waals surface area contributed by atoms with Crippen molar-refractivity contribution in [2.24, 2.45) is 0 Å². The van der Waals surface area contributed by atoms with Crippen LogP contribution in [0.1, 0.15) is 12.5 Å². The maximum Gasteiger partial charge on any atom is 0.334 e. The number of anilines is 1. The van der Waals surface area contributed by atoms with Crippen LogP contribution in [0.25, 0.3) is 0 Å². The van der Waals surface area contributed by atoms with E-state index in [9.17, 15) is 9.59 Å². The van der Waals surface area contributed by atoms with Gasteiger partial charge in [0, 0.05) is 19.8 Å². The number of benzene rings is 1. The molecular weight excluding hydrogens is 260 g/mol. The molecule has 110 valence electrons. The number of ether oxygens (including phenoxy) is 1. The molecular formula is C14H20N2O4. The third-order valence-electron chi connectivity index (χ3n) is 3.04. The monoisotopic (exact) mass is 280 g/mol. The van der Waals surface area contributed by atoms with Crippen molar-refractivity contribution in [3.63, 3.8) is 0 Å². The number of aliphatic carboxylic acids is 1. The number of carbonyl (C=O) groups is 2. The van der Waals surface area contributed by atoms with Gasteiger partial charge in [0.25, 0.3) is 0 Å². The van der Waals surface area contributed by atoms with Gasteiger partial charge >= 0.3 is 12.0 Å². The first kappa shape index (κ1) is 16.0. The Morgan fingerprint density at radius 3 is 2.40 bits per heavy atom. The van der Waals surface area contributed by atoms with E-state index in [0.717, 1.165) is 12.1 Å². The molecule has 0 bridgehead atoms. The minimum atomic E-state index is -1.11. The Morgan fingerprint density at radius 1 is 1.35 bits per heavy atom. The van der Waals surface area contributed by atoms with Gasteiger partial charge < -0.3 is 15.2 Å². The van der Waals surface area contributed by atoms with Crippen LogP contribution in [0, 0.1) is 0 Å². The van der Waals surface area contributed by atoms with Gasteiger partial charge in [0.15, 0.2) is 6.10 Å². The Balaban J connectivity index is 2.59. The standard InChI is InChI=1S/C14H20N2O4/c1-4-10-5-7-11(8-6-10)16(2)14(19)15-9-12(20-3)13(17)18/h5-8,12H,4,9H2,1-3H3,(H,15,19)(H,17,18). The van der Waals surface area contributed by atoms with E-state index in [1.54, 1.807) is 7.05 Å². The Hall–Kier alpha value is -2.08. The molecule has 1 atom stereocenters. The lowest BCUT2D eigenvalue weighted by molar-refractivity contribution is -0.147. The second-order valence-electron chi connectivity index (χ2n) is 4.33. The minimum absolute atomic E-state index is 0.0813. The van der Waals surface area contributed by atoms with E-state index < -0.39 is 12.1 Å². The van der Waals surface area contributed by atoms with Crippen LogP contribution in [0.2, 0.25) is 0 Å². The van der Waals surface area contributed by atoms with E-state index in [4.69, 9.17) is 9.84 Å². The molecule has 0 saturated carbocycles. The Morgan fingerprint density at radius 2 is 1.95 bits per heavy atom. The molecule has 0 fully saturated rings. The third kappa shape index (κ3) is 4.24. The summed E-state index contributed by atoms with van der Waals surface area (Å²) >= 11 is 0. The lowest BCUT2D eigenvalue weighted by Gasteiger charge is -2.19. The highest BCUT2D eigenvalue weighted by Crippen LogP contribution is 2.14. The predicted octanol–water partition coefficient (Wildman–Crippen LogP) is 1.49. The molecule has 1 aromatic carbocycles. The molecule has 6 heteroatoms. The van der Waals surface area contributed by atoms with E-state index in [1.165, 1.54) is 17.6 Å². The SMILES string of the molecule is CCc1ccc(N(C)C(=O)NCC(OC)C(=O)O)cc1. The molecule has 0 heterocycles. The highest BCUT2D eigenvalue weighted by atomic mass is 16.5. The Bertz CT molecular complexity index is 459. The maximum absolute atomic E-state index is 11.9. The normalized spacial score (nSPS) is 11.8. The summed E-state index contributed by atoms with van der Waals surface area (Å²) in [7, 11) is 2.91. The summed E-state index contributed by atoms with van der Waals surface area (Å²) in [5.41, 5.74) is 1.93. The highest BCUT2D eigenvalue weighted by molar-refractivity contribution is 5.91. The fourth-order valence-corrected chi connectivity index (χ4v) is 1.64. The van der Waals surface area contributed by atoms with Crippen molar-refractivity contribution < 1.29 is 19.4 Å². The summed E-state index contributed by atoms with van der Waals surface area (Å²) in [6.07, 6.45) is -0.112. The van der Waals surface area contributed by atoms with Crippen LogP contribution < -0.4 is 10.2 Å². The minimum Gasteiger partial charge on any atom is -0.479 e. The first-order valence-electron chi connectivity index (χ1n) is 6.35. The number of hydrogen-bond acceptors (Lipinski definition) is 3. The van der Waals surface area contributed by atoms with Crippen LogP contribution in [-0.4, -0.2) is 43.9 Å². The number of carboxylic acids is 1. The van der Waals surface area contributed by atoms with Gasteiger partial charge in [-0.15, -0.1) is 0 Å². The Labute approximate surface area is 118 Å². The number of methoxy groups -OCH3 is 1. The molecule has 6 nitrogen and oxygen atoms in total. The molecule has 0 spiro atoms. The van der Waals surface area contributed by atoms with E-state index in [2.05, 4.69) is 12.2 Å². The summed E-state index contributed by atoms with van der Waals surface area (Å²) in [5, 5.41) is 11.3. The maximum atomic E-state index is 11.9. The summed E-state index contributed by atoms with van der Waals surface area (Å²) < 4.78 is 4.75. The molecule has 0 aromatic heterocycles. The summed E-state index contributed by atoms with van der Waals surface area (Å²) in [6, 6.07) is 7.23. The number of nitrogens with zero attached hydrogens (tertiary/aromatic N) is 1. The van der Waals surface area contributed by atoms with Gasteiger partial charge in [0.1, 0.15) is 0 Å². The van der Waals surface area contributed by atoms with Crippen molar-refractivity contribution in [2.75, 3.05) is 25.6 Å². The molecule has 20 heavy (non-hydrogen) atoms. The lowest BCUT2D eigenvalue weighted by Crippen LogP contribution is -2.43. The molecule has 1 aromatic rings. The molecule has 0 aliphatic rings. The summed E-state index contributed by atoms with van der Waals surface area (Å²) in [5.74, 6) is -1.11. The second kappa shape index (κ2) is 7.49. The number of carboxylic acid groups (broad SMARTS) is 1. The van der Waals surface area contributed by atoms with Gasteiger partial charge in [-0.25, -0.2) is 9.59 Å². The third-order valence-corrected chi connectivity index (χ3v) is 3.04. The zero-order valence-electron chi connectivity index (χ0n) is 11.9. The number of hydrogen-bond donors (Lipinski definition) is 2. The van der Waals surface area contributed by atoms with Crippen LogP contribution in [0.4, 0.5) is 10.5 Å². The smallest absolute Gasteiger partial charge is 0.334 e. The average molecular weight is 280 g/mol. The van der Waals surface area contributed by atoms with Gasteiger partial charge in [0.2, 0.25) is 0 Å². The van der Waals surface area contributed by atoms with Crippen molar-refractivity contribution >= 4 is 17.7 Å². The number of urea groups is 1. The fraction of sp³-hybridized carbons (Fsp3) is 0.429. The van der Waals surface area contributed by atoms with E-state index in [0.29, 0.717) is 0 Å². The largest absolute Gasteiger partial charge is 0.479 e. The molecule has 1 rings (SSSR count). The van der Waals surface area contributed by atoms with Crippen molar-refractivity contribution in [3.05, 3.63) is 29.8 Å². The first-order valence-corrected chi connectivity index (χ1v) is 6.35. The van der Waals surface area contributed by atoms with Crippen molar-refractivity contribution in [1.82, 2.24) is 5.32 Å². The molecule has 0 aliphatic heterocycles. The van der Waals surface area contributed by atoms with Gasteiger partial charge in [-0.1, -0.05) is 19.1 Å². The van der Waals surface area contributed by atoms with E-state index in [-0.39, 0.29) is 12.6 Å². The van der Waals surface area contributed by atoms with Crippen molar-refractivity contribution in [2.45, 2.75) is 19.4 Å². The van der Waals surface area contributed by atoms with E-state index in [1.807, 2.05) is 24.3 Å². The summed E-state index contributed by atoms with van der Waals surface area (Å²) in [6.45, 7) is 1.98. The van der Waals surface area contributed by atoms with Crippen molar-refractivity contribution in [1.29, 1.82) is 0 Å². The predicted molar refractivity (Wildman–Crippen MR) is 76.1 cm³/mol. The van der Waals surface area contributed by atoms with E-state index >= 15 is 0 Å². The molecule has 2 N–H and O–H groups in total. The van der Waals surface area contributed by atoms with Crippen LogP contribution in [0.5, 0.6) is 0 Å². The van der Waals surface area contributed by atoms with Gasteiger partial charge in [-0.05, 0) is 24.1 Å². The van der Waals surface area contributed by atoms with Crippen LogP contribution in [-0.2, 0) is 16.0 Å². The number of amides is 2. The first-order chi connectivity index (χ1) is 9.49. The molecule has 2 amide bonds. The average Bonchev–Trinajstić information content (AvgIpc) is 2.46. The molecule has 1 unspecified atom stereocenters. The van der Waals surface area contributed by atoms with Crippen LogP contribution in [0.3, 0.4) is 0 Å².